The Morgan fingerprint density at radius 1 is 1.30 bits per heavy atom. The van der Waals surface area contributed by atoms with E-state index in [1.54, 1.807) is 6.92 Å². The number of esters is 1. The van der Waals surface area contributed by atoms with Gasteiger partial charge in [-0.3, -0.25) is 19.2 Å². The van der Waals surface area contributed by atoms with Gasteiger partial charge in [-0.05, 0) is 51.2 Å². The number of hydrogen-bond donors (Lipinski definition) is 3. The molecule has 2 atom stereocenters. The Kier molecular flexibility index (Phi) is 8.16. The summed E-state index contributed by atoms with van der Waals surface area (Å²) in [5.41, 5.74) is -0.595. The average molecular weight is 512 g/mol. The summed E-state index contributed by atoms with van der Waals surface area (Å²) in [6.45, 7) is 1.86. The monoisotopic (exact) mass is 511 g/mol. The van der Waals surface area contributed by atoms with Gasteiger partial charge in [0, 0.05) is 36.8 Å². The molecule has 1 aliphatic heterocycles. The molecular formula is C25H29N5O7. The van der Waals surface area contributed by atoms with Crippen molar-refractivity contribution in [2.45, 2.75) is 57.7 Å². The van der Waals surface area contributed by atoms with Gasteiger partial charge in [0.2, 0.25) is 11.8 Å². The Labute approximate surface area is 212 Å². The summed E-state index contributed by atoms with van der Waals surface area (Å²) in [5, 5.41) is 11.6. The molecule has 0 aromatic carbocycles. The van der Waals surface area contributed by atoms with Gasteiger partial charge in [0.1, 0.15) is 24.1 Å². The second-order valence-electron chi connectivity index (χ2n) is 9.17. The Morgan fingerprint density at radius 3 is 2.76 bits per heavy atom. The van der Waals surface area contributed by atoms with Gasteiger partial charge in [-0.15, -0.1) is 0 Å². The highest BCUT2D eigenvalue weighted by atomic mass is 16.5. The zero-order chi connectivity index (χ0) is 26.4. The van der Waals surface area contributed by atoms with E-state index >= 15 is 0 Å². The van der Waals surface area contributed by atoms with Crippen LogP contribution in [-0.2, 0) is 25.7 Å². The number of nitrogens with one attached hydrogen (secondary N) is 3. The van der Waals surface area contributed by atoms with E-state index in [2.05, 4.69) is 21.1 Å². The number of carbonyl (C=O) groups excluding carboxylic acids is 4. The predicted molar refractivity (Wildman–Crippen MR) is 130 cm³/mol. The van der Waals surface area contributed by atoms with Gasteiger partial charge in [-0.2, -0.15) is 0 Å². The number of carbonyl (C=O) groups is 4. The van der Waals surface area contributed by atoms with Crippen LogP contribution in [0.25, 0.3) is 0 Å². The van der Waals surface area contributed by atoms with Crippen molar-refractivity contribution < 1.29 is 28.4 Å². The lowest BCUT2D eigenvalue weighted by atomic mass is 9.96. The highest BCUT2D eigenvalue weighted by molar-refractivity contribution is 6.02. The second kappa shape index (κ2) is 11.7. The van der Waals surface area contributed by atoms with E-state index in [1.165, 1.54) is 36.5 Å². The van der Waals surface area contributed by atoms with Crippen LogP contribution in [0.15, 0.2) is 45.9 Å². The first kappa shape index (κ1) is 25.9. The summed E-state index contributed by atoms with van der Waals surface area (Å²) in [5.74, 6) is -1.59. The minimum atomic E-state index is -0.621. The molecular weight excluding hydrogens is 482 g/mol. The zero-order valence-electron chi connectivity index (χ0n) is 20.4. The molecule has 196 valence electrons. The molecule has 0 radical (unpaired) electrons. The molecule has 2 aromatic heterocycles. The van der Waals surface area contributed by atoms with Crippen LogP contribution in [0.1, 0.15) is 48.4 Å². The first-order valence-electron chi connectivity index (χ1n) is 12.2. The third-order valence-corrected chi connectivity index (χ3v) is 6.29. The van der Waals surface area contributed by atoms with Gasteiger partial charge in [-0.25, -0.2) is 4.79 Å². The van der Waals surface area contributed by atoms with Crippen LogP contribution >= 0.6 is 0 Å². The molecule has 2 aliphatic rings. The van der Waals surface area contributed by atoms with Gasteiger partial charge in [0.15, 0.2) is 5.69 Å². The van der Waals surface area contributed by atoms with Crippen molar-refractivity contribution in [1.82, 2.24) is 20.4 Å². The molecule has 1 saturated heterocycles. The third kappa shape index (κ3) is 6.93. The lowest BCUT2D eigenvalue weighted by molar-refractivity contribution is -0.146. The molecule has 4 rings (SSSR count). The van der Waals surface area contributed by atoms with E-state index in [0.29, 0.717) is 25.1 Å². The van der Waals surface area contributed by atoms with Crippen molar-refractivity contribution in [2.24, 2.45) is 5.92 Å². The Balaban J connectivity index is 1.40. The van der Waals surface area contributed by atoms with E-state index in [-0.39, 0.29) is 35.9 Å². The first-order valence-corrected chi connectivity index (χ1v) is 12.2. The number of nitrogens with zero attached hydrogens (tertiary/aromatic N) is 2. The molecule has 0 spiro atoms. The molecule has 3 heterocycles. The van der Waals surface area contributed by atoms with Crippen molar-refractivity contribution in [1.29, 1.82) is 0 Å². The number of ether oxygens (including phenoxy) is 1. The average Bonchev–Trinajstić information content (AvgIpc) is 3.45. The van der Waals surface area contributed by atoms with E-state index in [1.807, 2.05) is 0 Å². The fourth-order valence-electron chi connectivity index (χ4n) is 4.07. The van der Waals surface area contributed by atoms with Crippen molar-refractivity contribution >= 4 is 29.4 Å². The van der Waals surface area contributed by atoms with E-state index in [9.17, 15) is 24.0 Å². The van der Waals surface area contributed by atoms with Gasteiger partial charge >= 0.3 is 5.97 Å². The minimum absolute atomic E-state index is 0.0199. The highest BCUT2D eigenvalue weighted by Crippen LogP contribution is 2.22. The number of hydrogen-bond acceptors (Lipinski definition) is 8. The van der Waals surface area contributed by atoms with Crippen LogP contribution in [-0.4, -0.2) is 52.1 Å². The molecule has 2 aromatic rings. The summed E-state index contributed by atoms with van der Waals surface area (Å²) >= 11 is 0. The van der Waals surface area contributed by atoms with Crippen LogP contribution in [0.4, 0.5) is 5.69 Å². The molecule has 2 fully saturated rings. The van der Waals surface area contributed by atoms with Crippen molar-refractivity contribution in [3.63, 3.8) is 0 Å². The van der Waals surface area contributed by atoms with Crippen LogP contribution in [0.3, 0.4) is 0 Å². The second-order valence-corrected chi connectivity index (χ2v) is 9.17. The number of anilines is 1. The van der Waals surface area contributed by atoms with Crippen molar-refractivity contribution in [3.05, 3.63) is 58.4 Å². The molecule has 3 N–H and O–H groups in total. The van der Waals surface area contributed by atoms with E-state index in [0.717, 1.165) is 23.8 Å². The zero-order valence-corrected chi connectivity index (χ0v) is 20.4. The SMILES string of the molecule is Cc1cc(C(=O)Nc2cccn(CC(=O)N[C@H](/C=C/C(=O)OC3CCC3)CC3CCNC3=O)c2=O)no1. The van der Waals surface area contributed by atoms with Gasteiger partial charge in [-0.1, -0.05) is 11.2 Å². The fourth-order valence-corrected chi connectivity index (χ4v) is 4.07. The topological polar surface area (TPSA) is 162 Å². The van der Waals surface area contributed by atoms with E-state index in [4.69, 9.17) is 9.26 Å². The number of amides is 3. The molecule has 1 aliphatic carbocycles. The summed E-state index contributed by atoms with van der Waals surface area (Å²) in [6, 6.07) is 3.75. The number of rotatable bonds is 10. The smallest absolute Gasteiger partial charge is 0.330 e. The van der Waals surface area contributed by atoms with Crippen molar-refractivity contribution in [2.75, 3.05) is 11.9 Å². The number of pyridine rings is 1. The summed E-state index contributed by atoms with van der Waals surface area (Å²) in [4.78, 5) is 62.2. The quantitative estimate of drug-likeness (QED) is 0.315. The Hall–Kier alpha value is -4.22. The molecule has 3 amide bonds. The normalized spacial score (nSPS) is 18.2. The minimum Gasteiger partial charge on any atom is -0.459 e. The number of aromatic nitrogens is 2. The van der Waals surface area contributed by atoms with Crippen molar-refractivity contribution in [3.8, 4) is 0 Å². The maximum atomic E-state index is 12.8. The lowest BCUT2D eigenvalue weighted by Crippen LogP contribution is -2.40. The van der Waals surface area contributed by atoms with Crippen LogP contribution in [0, 0.1) is 12.8 Å². The van der Waals surface area contributed by atoms with Gasteiger partial charge < -0.3 is 29.8 Å². The van der Waals surface area contributed by atoms with Crippen LogP contribution in [0.2, 0.25) is 0 Å². The summed E-state index contributed by atoms with van der Waals surface area (Å²) < 4.78 is 11.3. The maximum absolute atomic E-state index is 12.8. The standard InChI is InChI=1S/C25H29N5O7/c1-15-12-20(29-37-15)24(34)28-19-6-3-11-30(25(19)35)14-21(31)27-17(13-16-9-10-26-23(16)33)7-8-22(32)36-18-4-2-5-18/h3,6-8,11-12,16-18H,2,4-5,9-10,13-14H2,1H3,(H,26,33)(H,27,31)(H,28,34)/b8-7+/t16?,17-/m1/s1. The van der Waals surface area contributed by atoms with E-state index < -0.39 is 29.4 Å². The molecule has 37 heavy (non-hydrogen) atoms. The Bertz CT molecular complexity index is 1260. The van der Waals surface area contributed by atoms with Gasteiger partial charge in [0.05, 0.1) is 0 Å². The molecule has 1 saturated carbocycles. The molecule has 12 nitrogen and oxygen atoms in total. The first-order chi connectivity index (χ1) is 17.8. The third-order valence-electron chi connectivity index (χ3n) is 6.29. The lowest BCUT2D eigenvalue weighted by Gasteiger charge is -2.24. The van der Waals surface area contributed by atoms with Crippen LogP contribution < -0.4 is 21.5 Å². The molecule has 1 unspecified atom stereocenters. The predicted octanol–water partition coefficient (Wildman–Crippen LogP) is 1.06. The molecule has 12 heteroatoms. The Morgan fingerprint density at radius 2 is 2.11 bits per heavy atom. The summed E-state index contributed by atoms with van der Waals surface area (Å²) in [6.07, 6.45) is 7.77. The molecule has 0 bridgehead atoms. The highest BCUT2D eigenvalue weighted by Gasteiger charge is 2.27. The largest absolute Gasteiger partial charge is 0.459 e. The van der Waals surface area contributed by atoms with Gasteiger partial charge in [0.25, 0.3) is 11.5 Å². The maximum Gasteiger partial charge on any atom is 0.330 e. The fraction of sp³-hybridized carbons (Fsp3) is 0.440. The number of aryl methyl sites for hydroxylation is 1. The summed E-state index contributed by atoms with van der Waals surface area (Å²) in [7, 11) is 0. The van der Waals surface area contributed by atoms with Crippen LogP contribution in [0.5, 0.6) is 0 Å².